The van der Waals surface area contributed by atoms with E-state index >= 15 is 0 Å². The molecule has 2 N–H and O–H groups in total. The molecular formula is C13H11Cl2NO6S2. The Balaban J connectivity index is 2.55. The number of anilines is 1. The lowest BCUT2D eigenvalue weighted by atomic mass is 10.1. The van der Waals surface area contributed by atoms with Crippen molar-refractivity contribution in [1.82, 2.24) is 0 Å². The summed E-state index contributed by atoms with van der Waals surface area (Å²) in [6.07, 6.45) is 0. The minimum absolute atomic E-state index is 0.0372. The van der Waals surface area contributed by atoms with E-state index < -0.39 is 16.0 Å². The maximum Gasteiger partial charge on any atom is 0.337 e. The molecule has 2 rings (SSSR count). The fourth-order valence-electron chi connectivity index (χ4n) is 1.85. The van der Waals surface area contributed by atoms with Crippen molar-refractivity contribution >= 4 is 56.2 Å². The van der Waals surface area contributed by atoms with E-state index in [1.165, 1.54) is 26.4 Å². The number of rotatable bonds is 6. The molecule has 1 aromatic heterocycles. The second kappa shape index (κ2) is 7.06. The van der Waals surface area contributed by atoms with E-state index in [0.29, 0.717) is 0 Å². The highest BCUT2D eigenvalue weighted by Crippen LogP contribution is 2.37. The van der Waals surface area contributed by atoms with Crippen molar-refractivity contribution < 1.29 is 27.8 Å². The molecule has 0 bridgehead atoms. The number of sulfonamides is 1. The predicted octanol–water partition coefficient (Wildman–Crippen LogP) is 3.57. The molecule has 11 heteroatoms. The highest BCUT2D eigenvalue weighted by atomic mass is 35.5. The monoisotopic (exact) mass is 411 g/mol. The summed E-state index contributed by atoms with van der Waals surface area (Å²) in [6.45, 7) is 0. The number of carboxylic acid groups (broad SMARTS) is 1. The largest absolute Gasteiger partial charge is 0.493 e. The van der Waals surface area contributed by atoms with Crippen molar-refractivity contribution in [2.24, 2.45) is 0 Å². The van der Waals surface area contributed by atoms with Gasteiger partial charge in [0, 0.05) is 12.1 Å². The minimum atomic E-state index is -4.14. The average Bonchev–Trinajstić information content (AvgIpc) is 2.85. The van der Waals surface area contributed by atoms with Gasteiger partial charge in [0.05, 0.1) is 29.8 Å². The van der Waals surface area contributed by atoms with E-state index in [1.807, 2.05) is 0 Å². The second-order valence-electron chi connectivity index (χ2n) is 4.35. The van der Waals surface area contributed by atoms with Crippen LogP contribution in [0.3, 0.4) is 0 Å². The third-order valence-corrected chi connectivity index (χ3v) is 6.03. The molecular weight excluding hydrogens is 401 g/mol. The van der Waals surface area contributed by atoms with Gasteiger partial charge in [-0.15, -0.1) is 11.3 Å². The molecule has 0 aliphatic rings. The van der Waals surface area contributed by atoms with E-state index in [2.05, 4.69) is 4.72 Å². The van der Waals surface area contributed by atoms with Crippen LogP contribution >= 0.6 is 34.5 Å². The van der Waals surface area contributed by atoms with Crippen molar-refractivity contribution in [3.05, 3.63) is 32.4 Å². The first-order valence-electron chi connectivity index (χ1n) is 6.16. The maximum atomic E-state index is 12.5. The van der Waals surface area contributed by atoms with Gasteiger partial charge in [0.2, 0.25) is 0 Å². The number of hydrogen-bond donors (Lipinski definition) is 2. The fourth-order valence-corrected chi connectivity index (χ4v) is 5.07. The van der Waals surface area contributed by atoms with Crippen molar-refractivity contribution in [3.8, 4) is 11.5 Å². The molecule has 0 amide bonds. The van der Waals surface area contributed by atoms with Gasteiger partial charge in [0.1, 0.15) is 9.23 Å². The molecule has 1 heterocycles. The molecule has 0 aliphatic heterocycles. The summed E-state index contributed by atoms with van der Waals surface area (Å²) in [5.74, 6) is -1.03. The van der Waals surface area contributed by atoms with Gasteiger partial charge < -0.3 is 14.6 Å². The zero-order chi connectivity index (χ0) is 18.1. The van der Waals surface area contributed by atoms with Crippen LogP contribution in [0, 0.1) is 0 Å². The number of hydrogen-bond acceptors (Lipinski definition) is 6. The van der Waals surface area contributed by atoms with Crippen molar-refractivity contribution in [3.63, 3.8) is 0 Å². The Morgan fingerprint density at radius 2 is 1.75 bits per heavy atom. The van der Waals surface area contributed by atoms with E-state index in [9.17, 15) is 18.3 Å². The van der Waals surface area contributed by atoms with Gasteiger partial charge in [0.15, 0.2) is 11.5 Å². The highest BCUT2D eigenvalue weighted by molar-refractivity contribution is 7.93. The first-order chi connectivity index (χ1) is 11.2. The van der Waals surface area contributed by atoms with Crippen LogP contribution in [-0.4, -0.2) is 33.7 Å². The molecule has 0 saturated heterocycles. The lowest BCUT2D eigenvalue weighted by molar-refractivity contribution is 0.0697. The van der Waals surface area contributed by atoms with Crippen LogP contribution in [0.15, 0.2) is 23.1 Å². The summed E-state index contributed by atoms with van der Waals surface area (Å²) in [6, 6.07) is 3.54. The third kappa shape index (κ3) is 3.69. The number of methoxy groups -OCH3 is 2. The van der Waals surface area contributed by atoms with Crippen LogP contribution in [0.5, 0.6) is 11.5 Å². The summed E-state index contributed by atoms with van der Waals surface area (Å²) < 4.78 is 37.3. The first-order valence-corrected chi connectivity index (χ1v) is 9.22. The Morgan fingerprint density at radius 1 is 1.17 bits per heavy atom. The first kappa shape index (κ1) is 18.7. The van der Waals surface area contributed by atoms with Gasteiger partial charge in [-0.05, 0) is 6.07 Å². The van der Waals surface area contributed by atoms with Crippen LogP contribution in [0.4, 0.5) is 5.69 Å². The normalized spacial score (nSPS) is 11.2. The number of thiophene rings is 1. The quantitative estimate of drug-likeness (QED) is 0.752. The van der Waals surface area contributed by atoms with Crippen molar-refractivity contribution in [2.45, 2.75) is 4.90 Å². The molecule has 2 aromatic rings. The lowest BCUT2D eigenvalue weighted by Crippen LogP contribution is -2.15. The molecule has 130 valence electrons. The zero-order valence-corrected chi connectivity index (χ0v) is 15.4. The Labute approximate surface area is 151 Å². The van der Waals surface area contributed by atoms with Gasteiger partial charge in [0.25, 0.3) is 10.0 Å². The van der Waals surface area contributed by atoms with E-state index in [0.717, 1.165) is 17.4 Å². The number of ether oxygens (including phenoxy) is 2. The average molecular weight is 412 g/mol. The van der Waals surface area contributed by atoms with Crippen LogP contribution in [0.25, 0.3) is 0 Å². The predicted molar refractivity (Wildman–Crippen MR) is 91.7 cm³/mol. The van der Waals surface area contributed by atoms with Gasteiger partial charge in [-0.25, -0.2) is 13.2 Å². The Hall–Kier alpha value is -1.68. The summed E-state index contributed by atoms with van der Waals surface area (Å²) >= 11 is 12.5. The summed E-state index contributed by atoms with van der Waals surface area (Å²) in [7, 11) is -1.47. The van der Waals surface area contributed by atoms with Crippen LogP contribution in [-0.2, 0) is 10.0 Å². The van der Waals surface area contributed by atoms with Gasteiger partial charge in [-0.2, -0.15) is 0 Å². The Morgan fingerprint density at radius 3 is 2.21 bits per heavy atom. The molecule has 0 unspecified atom stereocenters. The zero-order valence-electron chi connectivity index (χ0n) is 12.3. The standard InChI is InChI=1S/C13H11Cl2NO6S2/c1-21-8-3-6(13(17)18)7(4-9(8)22-2)16-24(19,20)10-5-11(14)23-12(10)15/h3-5,16H,1-2H3,(H,17,18). The number of aromatic carboxylic acids is 1. The summed E-state index contributed by atoms with van der Waals surface area (Å²) in [5.41, 5.74) is -0.507. The maximum absolute atomic E-state index is 12.5. The topological polar surface area (TPSA) is 102 Å². The number of halogens is 2. The molecule has 1 aromatic carbocycles. The number of benzene rings is 1. The lowest BCUT2D eigenvalue weighted by Gasteiger charge is -2.14. The molecule has 0 saturated carbocycles. The van der Waals surface area contributed by atoms with E-state index in [4.69, 9.17) is 32.7 Å². The number of carboxylic acids is 1. The van der Waals surface area contributed by atoms with Crippen LogP contribution in [0.2, 0.25) is 8.67 Å². The SMILES string of the molecule is COc1cc(NS(=O)(=O)c2cc(Cl)sc2Cl)c(C(=O)O)cc1OC. The van der Waals surface area contributed by atoms with Crippen molar-refractivity contribution in [2.75, 3.05) is 18.9 Å². The van der Waals surface area contributed by atoms with E-state index in [1.54, 1.807) is 0 Å². The third-order valence-electron chi connectivity index (χ3n) is 2.91. The molecule has 24 heavy (non-hydrogen) atoms. The van der Waals surface area contributed by atoms with Gasteiger partial charge in [-0.3, -0.25) is 4.72 Å². The molecule has 0 aliphatic carbocycles. The smallest absolute Gasteiger partial charge is 0.337 e. The highest BCUT2D eigenvalue weighted by Gasteiger charge is 2.25. The number of nitrogens with one attached hydrogen (secondary N) is 1. The molecule has 0 atom stereocenters. The molecule has 0 spiro atoms. The van der Waals surface area contributed by atoms with Crippen LogP contribution in [0.1, 0.15) is 10.4 Å². The summed E-state index contributed by atoms with van der Waals surface area (Å²) in [5, 5.41) is 9.30. The molecule has 0 fully saturated rings. The van der Waals surface area contributed by atoms with Gasteiger partial charge in [-0.1, -0.05) is 23.2 Å². The van der Waals surface area contributed by atoms with Gasteiger partial charge >= 0.3 is 5.97 Å². The second-order valence-corrected chi connectivity index (χ2v) is 8.29. The minimum Gasteiger partial charge on any atom is -0.493 e. The Kier molecular flexibility index (Phi) is 5.49. The van der Waals surface area contributed by atoms with Crippen LogP contribution < -0.4 is 14.2 Å². The molecule has 0 radical (unpaired) electrons. The van der Waals surface area contributed by atoms with Crippen molar-refractivity contribution in [1.29, 1.82) is 0 Å². The Bertz CT molecular complexity index is 894. The fraction of sp³-hybridized carbons (Fsp3) is 0.154. The van der Waals surface area contributed by atoms with E-state index in [-0.39, 0.29) is 36.3 Å². The summed E-state index contributed by atoms with van der Waals surface area (Å²) in [4.78, 5) is 11.2. The molecule has 7 nitrogen and oxygen atoms in total. The number of carbonyl (C=O) groups is 1.